The van der Waals surface area contributed by atoms with Gasteiger partial charge in [-0.05, 0) is 0 Å². The van der Waals surface area contributed by atoms with E-state index in [1.54, 1.807) is 0 Å². The first-order chi connectivity index (χ1) is 7.58. The molecule has 7 heteroatoms. The van der Waals surface area contributed by atoms with Crippen molar-refractivity contribution in [2.75, 3.05) is 0 Å². The second-order valence-electron chi connectivity index (χ2n) is 3.04. The van der Waals surface area contributed by atoms with Crippen LogP contribution in [0.2, 0.25) is 0 Å². The molecule has 0 radical (unpaired) electrons. The van der Waals surface area contributed by atoms with Gasteiger partial charge in [0, 0.05) is 18.4 Å². The molecule has 0 aliphatic heterocycles. The lowest BCUT2D eigenvalue weighted by Crippen LogP contribution is -2.07. The minimum atomic E-state index is -2.92. The van der Waals surface area contributed by atoms with Crippen LogP contribution in [0.5, 0.6) is 5.88 Å². The van der Waals surface area contributed by atoms with E-state index in [0.717, 1.165) is 4.68 Å². The van der Waals surface area contributed by atoms with E-state index < -0.39 is 6.61 Å². The Kier molecular flexibility index (Phi) is 2.51. The highest BCUT2D eigenvalue weighted by Crippen LogP contribution is 2.18. The fraction of sp³-hybridized carbons (Fsp3) is 0.222. The van der Waals surface area contributed by atoms with E-state index in [2.05, 4.69) is 14.8 Å². The summed E-state index contributed by atoms with van der Waals surface area (Å²) in [5.41, 5.74) is 0.453. The molecule has 0 fully saturated rings. The highest BCUT2D eigenvalue weighted by Gasteiger charge is 2.10. The lowest BCUT2D eigenvalue weighted by molar-refractivity contribution is -0.0527. The number of rotatable bonds is 2. The van der Waals surface area contributed by atoms with Gasteiger partial charge in [0.15, 0.2) is 0 Å². The van der Waals surface area contributed by atoms with Crippen LogP contribution in [0.25, 0.3) is 10.9 Å². The molecule has 2 rings (SSSR count). The van der Waals surface area contributed by atoms with E-state index >= 15 is 0 Å². The normalized spacial score (nSPS) is 11.0. The zero-order chi connectivity index (χ0) is 11.7. The first-order valence-corrected chi connectivity index (χ1v) is 4.37. The Morgan fingerprint density at radius 3 is 2.88 bits per heavy atom. The number of aromatic nitrogens is 3. The Bertz CT molecular complexity index is 539. The van der Waals surface area contributed by atoms with E-state index in [1.807, 2.05) is 0 Å². The topological polar surface area (TPSA) is 57.0 Å². The van der Waals surface area contributed by atoms with E-state index in [0.29, 0.717) is 10.9 Å². The first kappa shape index (κ1) is 10.5. The smallest absolute Gasteiger partial charge is 0.388 e. The third-order valence-electron chi connectivity index (χ3n) is 1.94. The maximum Gasteiger partial charge on any atom is 0.388 e. The molecule has 2 aromatic heterocycles. The van der Waals surface area contributed by atoms with Crippen molar-refractivity contribution >= 4 is 16.8 Å². The molecule has 5 nitrogen and oxygen atoms in total. The second-order valence-corrected chi connectivity index (χ2v) is 3.04. The van der Waals surface area contributed by atoms with Gasteiger partial charge >= 0.3 is 6.61 Å². The monoisotopic (exact) mass is 227 g/mol. The molecule has 0 saturated carbocycles. The predicted molar refractivity (Wildman–Crippen MR) is 50.5 cm³/mol. The maximum atomic E-state index is 11.9. The predicted octanol–water partition coefficient (Wildman–Crippen LogP) is 1.69. The molecule has 0 unspecified atom stereocenters. The molecular formula is C9H7F2N3O2. The largest absolute Gasteiger partial charge is 0.417 e. The quantitative estimate of drug-likeness (QED) is 0.783. The van der Waals surface area contributed by atoms with Crippen molar-refractivity contribution in [2.45, 2.75) is 13.5 Å². The SMILES string of the molecule is CC(=O)n1ncc2cc(OC(F)F)ncc21. The number of hydrogen-bond donors (Lipinski definition) is 0. The van der Waals surface area contributed by atoms with Gasteiger partial charge < -0.3 is 4.74 Å². The summed E-state index contributed by atoms with van der Waals surface area (Å²) in [5.74, 6) is -0.482. The number of alkyl halides is 2. The van der Waals surface area contributed by atoms with Gasteiger partial charge in [-0.15, -0.1) is 0 Å². The standard InChI is InChI=1S/C9H7F2N3O2/c1-5(15)14-7-4-12-8(16-9(10)11)2-6(7)3-13-14/h2-4,9H,1H3. The van der Waals surface area contributed by atoms with E-state index in [1.165, 1.54) is 25.4 Å². The van der Waals surface area contributed by atoms with Crippen LogP contribution in [0, 0.1) is 0 Å². The van der Waals surface area contributed by atoms with Crippen molar-refractivity contribution in [3.05, 3.63) is 18.5 Å². The summed E-state index contributed by atoms with van der Waals surface area (Å²) in [6.45, 7) is -1.58. The second kappa shape index (κ2) is 3.84. The lowest BCUT2D eigenvalue weighted by atomic mass is 10.3. The van der Waals surface area contributed by atoms with Gasteiger partial charge in [-0.1, -0.05) is 0 Å². The molecular weight excluding hydrogens is 220 g/mol. The first-order valence-electron chi connectivity index (χ1n) is 4.37. The molecule has 0 bridgehead atoms. The van der Waals surface area contributed by atoms with Gasteiger partial charge in [-0.3, -0.25) is 4.79 Å². The van der Waals surface area contributed by atoms with Crippen molar-refractivity contribution in [2.24, 2.45) is 0 Å². The zero-order valence-electron chi connectivity index (χ0n) is 8.22. The van der Waals surface area contributed by atoms with Crippen LogP contribution in [0.3, 0.4) is 0 Å². The summed E-state index contributed by atoms with van der Waals surface area (Å²) in [6, 6.07) is 1.30. The van der Waals surface area contributed by atoms with Crippen molar-refractivity contribution in [3.63, 3.8) is 0 Å². The molecule has 0 atom stereocenters. The number of halogens is 2. The summed E-state index contributed by atoms with van der Waals surface area (Å²) < 4.78 is 29.1. The van der Waals surface area contributed by atoms with Crippen LogP contribution in [-0.2, 0) is 0 Å². The third-order valence-corrected chi connectivity index (χ3v) is 1.94. The van der Waals surface area contributed by atoms with Crippen molar-refractivity contribution in [3.8, 4) is 5.88 Å². The van der Waals surface area contributed by atoms with Gasteiger partial charge in [0.2, 0.25) is 11.8 Å². The van der Waals surface area contributed by atoms with Crippen LogP contribution in [0.4, 0.5) is 8.78 Å². The fourth-order valence-corrected chi connectivity index (χ4v) is 1.31. The summed E-state index contributed by atoms with van der Waals surface area (Å²) in [4.78, 5) is 14.8. The van der Waals surface area contributed by atoms with E-state index in [4.69, 9.17) is 0 Å². The molecule has 0 N–H and O–H groups in total. The van der Waals surface area contributed by atoms with Gasteiger partial charge in [0.05, 0.1) is 17.9 Å². The van der Waals surface area contributed by atoms with E-state index in [-0.39, 0.29) is 11.8 Å². The Balaban J connectivity index is 2.45. The van der Waals surface area contributed by atoms with Gasteiger partial charge in [-0.25, -0.2) is 4.98 Å². The Hall–Kier alpha value is -2.05. The number of hydrogen-bond acceptors (Lipinski definition) is 4. The average Bonchev–Trinajstić information content (AvgIpc) is 2.59. The lowest BCUT2D eigenvalue weighted by Gasteiger charge is -2.02. The van der Waals surface area contributed by atoms with Crippen LogP contribution >= 0.6 is 0 Å². The van der Waals surface area contributed by atoms with Crippen molar-refractivity contribution in [1.29, 1.82) is 0 Å². The number of ether oxygens (including phenoxy) is 1. The summed E-state index contributed by atoms with van der Waals surface area (Å²) >= 11 is 0. The summed E-state index contributed by atoms with van der Waals surface area (Å²) in [5, 5.41) is 4.31. The molecule has 0 aliphatic carbocycles. The number of carbonyl (C=O) groups excluding carboxylic acids is 1. The molecule has 84 valence electrons. The minimum absolute atomic E-state index is 0.203. The van der Waals surface area contributed by atoms with Crippen molar-refractivity contribution in [1.82, 2.24) is 14.8 Å². The van der Waals surface area contributed by atoms with Crippen LogP contribution < -0.4 is 4.74 Å². The van der Waals surface area contributed by atoms with Gasteiger partial charge in [-0.2, -0.15) is 18.6 Å². The molecule has 2 aromatic rings. The molecule has 0 aliphatic rings. The summed E-state index contributed by atoms with van der Waals surface area (Å²) in [7, 11) is 0. The fourth-order valence-electron chi connectivity index (χ4n) is 1.31. The molecule has 2 heterocycles. The Morgan fingerprint density at radius 1 is 1.50 bits per heavy atom. The zero-order valence-corrected chi connectivity index (χ0v) is 8.22. The van der Waals surface area contributed by atoms with Crippen LogP contribution in [0.1, 0.15) is 11.7 Å². The van der Waals surface area contributed by atoms with Crippen LogP contribution in [0.15, 0.2) is 18.5 Å². The number of nitrogens with zero attached hydrogens (tertiary/aromatic N) is 3. The van der Waals surface area contributed by atoms with Gasteiger partial charge in [0.1, 0.15) is 0 Å². The Morgan fingerprint density at radius 2 is 2.25 bits per heavy atom. The summed E-state index contributed by atoms with van der Waals surface area (Å²) in [6.07, 6.45) is 2.65. The molecule has 0 amide bonds. The highest BCUT2D eigenvalue weighted by molar-refractivity contribution is 5.89. The van der Waals surface area contributed by atoms with Crippen molar-refractivity contribution < 1.29 is 18.3 Å². The number of fused-ring (bicyclic) bond motifs is 1. The van der Waals surface area contributed by atoms with Gasteiger partial charge in [0.25, 0.3) is 0 Å². The van der Waals surface area contributed by atoms with E-state index in [9.17, 15) is 13.6 Å². The Labute approximate surface area is 88.6 Å². The maximum absolute atomic E-state index is 11.9. The molecule has 16 heavy (non-hydrogen) atoms. The molecule has 0 saturated heterocycles. The molecule has 0 aromatic carbocycles. The molecule has 0 spiro atoms. The minimum Gasteiger partial charge on any atom is -0.417 e. The third kappa shape index (κ3) is 1.83. The van der Waals surface area contributed by atoms with Crippen LogP contribution in [-0.4, -0.2) is 27.3 Å². The number of pyridine rings is 1. The highest BCUT2D eigenvalue weighted by atomic mass is 19.3. The average molecular weight is 227 g/mol. The number of carbonyl (C=O) groups is 1.